The Morgan fingerprint density at radius 2 is 2.07 bits per heavy atom. The van der Waals surface area contributed by atoms with Crippen LogP contribution < -0.4 is 5.32 Å². The summed E-state index contributed by atoms with van der Waals surface area (Å²) >= 11 is 4.34. The van der Waals surface area contributed by atoms with Crippen LogP contribution in [0.1, 0.15) is 12.5 Å². The highest BCUT2D eigenvalue weighted by atomic mass is 32.2. The SMILES string of the molecule is C[C@@H](Sc1ncnc2sc(-c3ccccc3)cc12)C(=O)Nc1sccc1C#N. The summed E-state index contributed by atoms with van der Waals surface area (Å²) in [6, 6.07) is 16.0. The Bertz CT molecular complexity index is 1180. The second kappa shape index (κ2) is 8.10. The predicted octanol–water partition coefficient (Wildman–Crippen LogP) is 5.41. The van der Waals surface area contributed by atoms with Crippen molar-refractivity contribution in [2.45, 2.75) is 17.2 Å². The average molecular weight is 423 g/mol. The van der Waals surface area contributed by atoms with Crippen LogP contribution in [0.4, 0.5) is 5.00 Å². The summed E-state index contributed by atoms with van der Waals surface area (Å²) < 4.78 is 0. The number of carbonyl (C=O) groups excluding carboxylic acids is 1. The molecular formula is C20H14N4OS3. The number of nitriles is 1. The van der Waals surface area contributed by atoms with E-state index >= 15 is 0 Å². The Hall–Kier alpha value is -2.73. The molecule has 1 N–H and O–H groups in total. The van der Waals surface area contributed by atoms with Gasteiger partial charge in [0.15, 0.2) is 0 Å². The lowest BCUT2D eigenvalue weighted by molar-refractivity contribution is -0.115. The zero-order chi connectivity index (χ0) is 19.5. The Labute approximate surface area is 174 Å². The molecule has 1 atom stereocenters. The molecule has 3 aromatic heterocycles. The summed E-state index contributed by atoms with van der Waals surface area (Å²) in [7, 11) is 0. The number of aromatic nitrogens is 2. The third-order valence-electron chi connectivity index (χ3n) is 4.03. The van der Waals surface area contributed by atoms with Crippen molar-refractivity contribution in [3.05, 3.63) is 59.7 Å². The molecule has 0 aliphatic heterocycles. The van der Waals surface area contributed by atoms with Crippen LogP contribution in [-0.4, -0.2) is 21.1 Å². The molecule has 28 heavy (non-hydrogen) atoms. The van der Waals surface area contributed by atoms with Crippen LogP contribution >= 0.6 is 34.4 Å². The molecule has 0 unspecified atom stereocenters. The van der Waals surface area contributed by atoms with Gasteiger partial charge >= 0.3 is 0 Å². The van der Waals surface area contributed by atoms with Crippen LogP contribution in [-0.2, 0) is 4.79 Å². The van der Waals surface area contributed by atoms with Gasteiger partial charge in [0, 0.05) is 10.3 Å². The van der Waals surface area contributed by atoms with E-state index in [2.05, 4.69) is 39.6 Å². The smallest absolute Gasteiger partial charge is 0.238 e. The molecule has 0 aliphatic rings. The molecule has 0 spiro atoms. The molecule has 138 valence electrons. The minimum absolute atomic E-state index is 0.158. The van der Waals surface area contributed by atoms with E-state index in [1.54, 1.807) is 22.8 Å². The third kappa shape index (κ3) is 3.78. The monoisotopic (exact) mass is 422 g/mol. The van der Waals surface area contributed by atoms with Gasteiger partial charge in [-0.3, -0.25) is 4.79 Å². The fourth-order valence-corrected chi connectivity index (χ4v) is 5.30. The van der Waals surface area contributed by atoms with E-state index in [0.717, 1.165) is 25.7 Å². The summed E-state index contributed by atoms with van der Waals surface area (Å²) in [6.45, 7) is 1.83. The number of fused-ring (bicyclic) bond motifs is 1. The van der Waals surface area contributed by atoms with Crippen LogP contribution in [0.3, 0.4) is 0 Å². The lowest BCUT2D eigenvalue weighted by Crippen LogP contribution is -2.22. The number of carbonyl (C=O) groups is 1. The standard InChI is InChI=1S/C20H14N4OS3/c1-12(17(25)24-18-14(10-21)7-8-26-18)27-19-15-9-16(13-5-3-2-4-6-13)28-20(15)23-11-22-19/h2-9,11-12H,1H3,(H,24,25)/t12-/m1/s1. The summed E-state index contributed by atoms with van der Waals surface area (Å²) in [5.41, 5.74) is 1.61. The van der Waals surface area contributed by atoms with Gasteiger partial charge < -0.3 is 5.32 Å². The van der Waals surface area contributed by atoms with Gasteiger partial charge in [0.25, 0.3) is 0 Å². The number of hydrogen-bond acceptors (Lipinski definition) is 7. The molecule has 0 fully saturated rings. The summed E-state index contributed by atoms with van der Waals surface area (Å²) in [4.78, 5) is 23.4. The number of hydrogen-bond donors (Lipinski definition) is 1. The number of thioether (sulfide) groups is 1. The van der Waals surface area contributed by atoms with Crippen molar-refractivity contribution in [1.29, 1.82) is 5.26 Å². The van der Waals surface area contributed by atoms with Gasteiger partial charge in [-0.15, -0.1) is 22.7 Å². The summed E-state index contributed by atoms with van der Waals surface area (Å²) in [5.74, 6) is -0.158. The highest BCUT2D eigenvalue weighted by Crippen LogP contribution is 2.37. The Balaban J connectivity index is 1.56. The maximum atomic E-state index is 12.6. The van der Waals surface area contributed by atoms with E-state index in [9.17, 15) is 4.79 Å². The maximum absolute atomic E-state index is 12.6. The quantitative estimate of drug-likeness (QED) is 0.344. The van der Waals surface area contributed by atoms with Crippen molar-refractivity contribution in [2.24, 2.45) is 0 Å². The molecule has 0 bridgehead atoms. The van der Waals surface area contributed by atoms with Crippen molar-refractivity contribution in [3.8, 4) is 16.5 Å². The molecule has 4 aromatic rings. The molecular weight excluding hydrogens is 408 g/mol. The zero-order valence-corrected chi connectivity index (χ0v) is 17.2. The van der Waals surface area contributed by atoms with Crippen LogP contribution in [0, 0.1) is 11.3 Å². The van der Waals surface area contributed by atoms with E-state index < -0.39 is 0 Å². The van der Waals surface area contributed by atoms with Crippen molar-refractivity contribution in [1.82, 2.24) is 9.97 Å². The van der Waals surface area contributed by atoms with Crippen molar-refractivity contribution in [2.75, 3.05) is 5.32 Å². The summed E-state index contributed by atoms with van der Waals surface area (Å²) in [5, 5.41) is 15.7. The number of rotatable bonds is 5. The van der Waals surface area contributed by atoms with Gasteiger partial charge in [-0.05, 0) is 30.0 Å². The topological polar surface area (TPSA) is 78.7 Å². The van der Waals surface area contributed by atoms with E-state index in [0.29, 0.717) is 10.6 Å². The van der Waals surface area contributed by atoms with Gasteiger partial charge in [-0.2, -0.15) is 5.26 Å². The lowest BCUT2D eigenvalue weighted by Gasteiger charge is -2.11. The average Bonchev–Trinajstić information content (AvgIpc) is 3.35. The number of amides is 1. The molecule has 8 heteroatoms. The Morgan fingerprint density at radius 3 is 2.86 bits per heavy atom. The van der Waals surface area contributed by atoms with Crippen molar-refractivity contribution in [3.63, 3.8) is 0 Å². The molecule has 5 nitrogen and oxygen atoms in total. The minimum atomic E-state index is -0.369. The molecule has 0 radical (unpaired) electrons. The number of nitrogens with one attached hydrogen (secondary N) is 1. The van der Waals surface area contributed by atoms with E-state index in [1.165, 1.54) is 29.4 Å². The highest BCUT2D eigenvalue weighted by Gasteiger charge is 2.19. The molecule has 0 aliphatic carbocycles. The predicted molar refractivity (Wildman–Crippen MR) is 116 cm³/mol. The number of nitrogens with zero attached hydrogens (tertiary/aromatic N) is 3. The molecule has 1 amide bonds. The number of anilines is 1. The molecule has 4 rings (SSSR count). The van der Waals surface area contributed by atoms with Crippen LogP contribution in [0.25, 0.3) is 20.7 Å². The first-order valence-electron chi connectivity index (χ1n) is 8.41. The first kappa shape index (κ1) is 18.6. The molecule has 3 heterocycles. The Morgan fingerprint density at radius 1 is 1.25 bits per heavy atom. The van der Waals surface area contributed by atoms with E-state index in [4.69, 9.17) is 5.26 Å². The number of thiophene rings is 2. The van der Waals surface area contributed by atoms with Crippen molar-refractivity contribution < 1.29 is 4.79 Å². The largest absolute Gasteiger partial charge is 0.316 e. The van der Waals surface area contributed by atoms with Gasteiger partial charge in [0.05, 0.1) is 10.8 Å². The van der Waals surface area contributed by atoms with Crippen molar-refractivity contribution >= 4 is 55.6 Å². The highest BCUT2D eigenvalue weighted by molar-refractivity contribution is 8.00. The Kier molecular flexibility index (Phi) is 5.39. The van der Waals surface area contributed by atoms with Crippen LogP contribution in [0.2, 0.25) is 0 Å². The van der Waals surface area contributed by atoms with E-state index in [1.807, 2.05) is 25.1 Å². The fraction of sp³-hybridized carbons (Fsp3) is 0.100. The molecule has 0 saturated carbocycles. The summed E-state index contributed by atoms with van der Waals surface area (Å²) in [6.07, 6.45) is 1.54. The normalized spacial score (nSPS) is 11.9. The van der Waals surface area contributed by atoms with E-state index in [-0.39, 0.29) is 11.2 Å². The van der Waals surface area contributed by atoms with Gasteiger partial charge in [0.2, 0.25) is 5.91 Å². The maximum Gasteiger partial charge on any atom is 0.238 e. The van der Waals surface area contributed by atoms with Crippen LogP contribution in [0.15, 0.2) is 59.2 Å². The molecule has 1 aromatic carbocycles. The van der Waals surface area contributed by atoms with Gasteiger partial charge in [-0.25, -0.2) is 9.97 Å². The van der Waals surface area contributed by atoms with Gasteiger partial charge in [0.1, 0.15) is 27.3 Å². The van der Waals surface area contributed by atoms with Gasteiger partial charge in [-0.1, -0.05) is 42.1 Å². The minimum Gasteiger partial charge on any atom is -0.316 e. The molecule has 0 saturated heterocycles. The first-order valence-corrected chi connectivity index (χ1v) is 11.0. The first-order chi connectivity index (χ1) is 13.7. The van der Waals surface area contributed by atoms with Crippen LogP contribution in [0.5, 0.6) is 0 Å². The third-order valence-corrected chi connectivity index (χ3v) is 7.07. The zero-order valence-electron chi connectivity index (χ0n) is 14.7. The second-order valence-electron chi connectivity index (χ2n) is 5.90. The lowest BCUT2D eigenvalue weighted by atomic mass is 10.2. The fourth-order valence-electron chi connectivity index (χ4n) is 2.60. The number of benzene rings is 1. The second-order valence-corrected chi connectivity index (χ2v) is 9.18.